The van der Waals surface area contributed by atoms with Crippen LogP contribution in [0, 0.1) is 5.92 Å². The van der Waals surface area contributed by atoms with Crippen molar-refractivity contribution in [2.45, 2.75) is 56.5 Å². The van der Waals surface area contributed by atoms with Gasteiger partial charge in [0, 0.05) is 30.4 Å². The van der Waals surface area contributed by atoms with Crippen LogP contribution >= 0.6 is 11.8 Å². The first-order chi connectivity index (χ1) is 20.3. The molecule has 2 fully saturated rings. The molecule has 2 aromatic rings. The number of carbonyl (C=O) groups is 5. The number of benzene rings is 2. The Morgan fingerprint density at radius 2 is 1.64 bits per heavy atom. The Morgan fingerprint density at radius 1 is 0.952 bits per heavy atom. The molecule has 3 amide bonds. The van der Waals surface area contributed by atoms with Gasteiger partial charge in [0.2, 0.25) is 11.8 Å². The first-order valence-electron chi connectivity index (χ1n) is 14.0. The van der Waals surface area contributed by atoms with Gasteiger partial charge in [0.15, 0.2) is 0 Å². The molecule has 0 aromatic heterocycles. The van der Waals surface area contributed by atoms with Gasteiger partial charge in [-0.05, 0) is 30.5 Å². The summed E-state index contributed by atoms with van der Waals surface area (Å²) in [4.78, 5) is 64.6. The fraction of sp³-hybridized carbons (Fsp3) is 0.387. The summed E-state index contributed by atoms with van der Waals surface area (Å²) in [7, 11) is 0. The molecule has 220 valence electrons. The summed E-state index contributed by atoms with van der Waals surface area (Å²) in [5, 5.41) is 11.9. The lowest BCUT2D eigenvalue weighted by Crippen LogP contribution is -2.70. The minimum atomic E-state index is -1.27. The van der Waals surface area contributed by atoms with E-state index in [9.17, 15) is 29.1 Å². The lowest BCUT2D eigenvalue weighted by atomic mass is 9.78. The average Bonchev–Trinajstić information content (AvgIpc) is 2.99. The zero-order chi connectivity index (χ0) is 29.8. The number of esters is 1. The van der Waals surface area contributed by atoms with Gasteiger partial charge in [-0.25, -0.2) is 4.79 Å². The molecule has 2 saturated heterocycles. The number of aliphatic carboxylic acids is 1. The highest BCUT2D eigenvalue weighted by molar-refractivity contribution is 8.00. The van der Waals surface area contributed by atoms with Gasteiger partial charge in [-0.2, -0.15) is 0 Å². The molecule has 2 N–H and O–H groups in total. The van der Waals surface area contributed by atoms with E-state index in [2.05, 4.69) is 5.32 Å². The number of anilines is 1. The van der Waals surface area contributed by atoms with Crippen molar-refractivity contribution in [1.82, 2.24) is 10.2 Å². The predicted octanol–water partition coefficient (Wildman–Crippen LogP) is 3.64. The van der Waals surface area contributed by atoms with Crippen LogP contribution in [0.2, 0.25) is 0 Å². The number of amides is 3. The number of nitrogens with zero attached hydrogens (tertiary/aromatic N) is 2. The molecule has 0 saturated carbocycles. The number of rotatable bonds is 12. The second kappa shape index (κ2) is 12.8. The predicted molar refractivity (Wildman–Crippen MR) is 156 cm³/mol. The summed E-state index contributed by atoms with van der Waals surface area (Å²) < 4.78 is 4.94. The van der Waals surface area contributed by atoms with Crippen molar-refractivity contribution in [2.24, 2.45) is 5.92 Å². The summed E-state index contributed by atoms with van der Waals surface area (Å²) in [5.74, 6) is -2.30. The number of hydrogen-bond acceptors (Lipinski definition) is 7. The number of hydrogen-bond donors (Lipinski definition) is 2. The zero-order valence-electron chi connectivity index (χ0n) is 23.2. The molecule has 2 aromatic carbocycles. The maximum Gasteiger partial charge on any atom is 0.352 e. The van der Waals surface area contributed by atoms with Gasteiger partial charge in [0.05, 0.1) is 12.0 Å². The molecule has 3 aliphatic heterocycles. The lowest BCUT2D eigenvalue weighted by Gasteiger charge is -2.49. The van der Waals surface area contributed by atoms with Crippen LogP contribution in [0.4, 0.5) is 5.69 Å². The highest BCUT2D eigenvalue weighted by atomic mass is 32.2. The number of unbranched alkanes of at least 4 members (excludes halogenated alkanes) is 2. The number of thioether (sulfide) groups is 1. The Balaban J connectivity index is 1.09. The fourth-order valence-corrected chi connectivity index (χ4v) is 7.12. The first-order valence-corrected chi connectivity index (χ1v) is 15.1. The number of carbonyl (C=O) groups excluding carboxylic acids is 4. The van der Waals surface area contributed by atoms with Crippen molar-refractivity contribution in [2.75, 3.05) is 17.3 Å². The lowest BCUT2D eigenvalue weighted by molar-refractivity contribution is -0.151. The van der Waals surface area contributed by atoms with Gasteiger partial charge in [-0.15, -0.1) is 11.8 Å². The fourth-order valence-electron chi connectivity index (χ4n) is 5.79. The van der Waals surface area contributed by atoms with E-state index in [0.717, 1.165) is 35.4 Å². The van der Waals surface area contributed by atoms with Crippen molar-refractivity contribution in [3.8, 4) is 0 Å². The molecule has 4 atom stereocenters. The summed E-state index contributed by atoms with van der Waals surface area (Å²) in [5.41, 5.74) is 2.16. The van der Waals surface area contributed by atoms with Gasteiger partial charge in [-0.3, -0.25) is 24.1 Å². The number of nitrogens with one attached hydrogen (secondary N) is 1. The van der Waals surface area contributed by atoms with Crippen LogP contribution in [0.25, 0.3) is 0 Å². The number of carboxylic acids is 1. The first kappa shape index (κ1) is 29.4. The largest absolute Gasteiger partial charge is 0.477 e. The van der Waals surface area contributed by atoms with E-state index >= 15 is 0 Å². The maximum absolute atomic E-state index is 13.1. The van der Waals surface area contributed by atoms with Crippen molar-refractivity contribution >= 4 is 47.1 Å². The third-order valence-electron chi connectivity index (χ3n) is 7.82. The van der Waals surface area contributed by atoms with Crippen LogP contribution in [-0.2, 0) is 28.7 Å². The normalized spacial score (nSPS) is 23.1. The number of carboxylic acid groups (broad SMARTS) is 1. The highest BCUT2D eigenvalue weighted by Crippen LogP contribution is 2.45. The molecule has 10 nitrogen and oxygen atoms in total. The van der Waals surface area contributed by atoms with Gasteiger partial charge in [-0.1, -0.05) is 61.4 Å². The Hall–Kier alpha value is -4.12. The monoisotopic (exact) mass is 591 g/mol. The van der Waals surface area contributed by atoms with Gasteiger partial charge in [0.25, 0.3) is 5.91 Å². The third kappa shape index (κ3) is 5.92. The Bertz CT molecular complexity index is 1400. The van der Waals surface area contributed by atoms with Crippen molar-refractivity contribution < 1.29 is 33.8 Å². The van der Waals surface area contributed by atoms with E-state index in [1.54, 1.807) is 0 Å². The van der Waals surface area contributed by atoms with E-state index in [1.807, 2.05) is 65.6 Å². The van der Waals surface area contributed by atoms with Crippen molar-refractivity contribution in [1.29, 1.82) is 0 Å². The molecule has 3 aliphatic rings. The van der Waals surface area contributed by atoms with Crippen LogP contribution in [0.3, 0.4) is 0 Å². The number of ether oxygens (including phenoxy) is 1. The summed E-state index contributed by atoms with van der Waals surface area (Å²) in [6, 6.07) is 18.9. The standard InChI is InChI=1S/C31H33N3O7S/c1-19(35)41-17-21-18-42-30-25(29(38)34(30)27(21)31(39)40)32-24(36)16-10-4-9-15-23-26(20-11-5-2-6-12-20)33(28(23)37)22-13-7-3-8-14-22/h2-3,5-8,11-14,23,25-26,30H,4,9-10,15-18H2,1H3,(H,32,36)(H,39,40)/t23?,25-,26?,30-/m1/s1. The summed E-state index contributed by atoms with van der Waals surface area (Å²) in [6.07, 6.45) is 3.12. The second-order valence-corrected chi connectivity index (χ2v) is 11.7. The number of para-hydroxylation sites is 1. The summed E-state index contributed by atoms with van der Waals surface area (Å²) in [6.45, 7) is 1.04. The third-order valence-corrected chi connectivity index (χ3v) is 9.16. The van der Waals surface area contributed by atoms with Gasteiger partial charge < -0.3 is 20.1 Å². The van der Waals surface area contributed by atoms with E-state index in [-0.39, 0.29) is 48.3 Å². The molecule has 42 heavy (non-hydrogen) atoms. The Morgan fingerprint density at radius 3 is 2.31 bits per heavy atom. The van der Waals surface area contributed by atoms with E-state index < -0.39 is 29.3 Å². The number of β-lactam (4-membered cyclic amide) rings is 2. The second-order valence-electron chi connectivity index (χ2n) is 10.6. The quantitative estimate of drug-likeness (QED) is 0.217. The topological polar surface area (TPSA) is 133 Å². The van der Waals surface area contributed by atoms with E-state index in [4.69, 9.17) is 4.74 Å². The smallest absolute Gasteiger partial charge is 0.352 e. The molecular weight excluding hydrogens is 558 g/mol. The maximum atomic E-state index is 13.1. The van der Waals surface area contributed by atoms with Crippen LogP contribution in [-0.4, -0.2) is 63.4 Å². The van der Waals surface area contributed by atoms with Gasteiger partial charge in [0.1, 0.15) is 23.7 Å². The molecule has 0 bridgehead atoms. The Labute approximate surface area is 248 Å². The molecule has 5 rings (SSSR count). The van der Waals surface area contributed by atoms with Gasteiger partial charge >= 0.3 is 11.9 Å². The minimum absolute atomic E-state index is 0.0238. The highest BCUT2D eigenvalue weighted by Gasteiger charge is 2.54. The average molecular weight is 592 g/mol. The molecular formula is C31H33N3O7S. The SMILES string of the molecule is CC(=O)OCC1=C(C(=O)O)N2C(=O)[C@@H](NC(=O)CCCCCC3C(=O)N(c4ccccc4)C3c3ccccc3)[C@H]2SC1. The molecule has 0 aliphatic carbocycles. The molecule has 2 unspecified atom stereocenters. The van der Waals surface area contributed by atoms with Crippen LogP contribution in [0.1, 0.15) is 50.6 Å². The number of fused-ring (bicyclic) bond motifs is 1. The molecule has 0 spiro atoms. The van der Waals surface area contributed by atoms with E-state index in [1.165, 1.54) is 18.7 Å². The zero-order valence-corrected chi connectivity index (χ0v) is 24.0. The van der Waals surface area contributed by atoms with Crippen LogP contribution in [0.5, 0.6) is 0 Å². The van der Waals surface area contributed by atoms with Crippen molar-refractivity contribution in [3.05, 3.63) is 77.5 Å². The molecule has 0 radical (unpaired) electrons. The minimum Gasteiger partial charge on any atom is -0.477 e. The van der Waals surface area contributed by atoms with Crippen LogP contribution < -0.4 is 10.2 Å². The molecule has 3 heterocycles. The van der Waals surface area contributed by atoms with Crippen LogP contribution in [0.15, 0.2) is 71.9 Å². The molecule has 11 heteroatoms. The Kier molecular flexibility index (Phi) is 8.96. The van der Waals surface area contributed by atoms with E-state index in [0.29, 0.717) is 12.0 Å². The van der Waals surface area contributed by atoms with Crippen molar-refractivity contribution in [3.63, 3.8) is 0 Å². The summed E-state index contributed by atoms with van der Waals surface area (Å²) >= 11 is 1.33.